The number of carbonyl (C=O) groups excluding carboxylic acids is 1. The number of halogens is 3. The fraction of sp³-hybridized carbons (Fsp3) is 0.292. The summed E-state index contributed by atoms with van der Waals surface area (Å²) in [4.78, 5) is 12.3. The Morgan fingerprint density at radius 2 is 1.94 bits per heavy atom. The summed E-state index contributed by atoms with van der Waals surface area (Å²) in [6.45, 7) is 8.96. The smallest absolute Gasteiger partial charge is 0.416 e. The maximum atomic E-state index is 12.9. The van der Waals surface area contributed by atoms with Gasteiger partial charge < -0.3 is 10.1 Å². The number of allylic oxidation sites excluding steroid dienone is 1. The highest BCUT2D eigenvalue weighted by Gasteiger charge is 2.30. The van der Waals surface area contributed by atoms with Gasteiger partial charge in [0, 0.05) is 17.8 Å². The molecule has 0 aliphatic carbocycles. The normalized spacial score (nSPS) is 11.5. The second-order valence-electron chi connectivity index (χ2n) is 7.85. The van der Waals surface area contributed by atoms with Crippen molar-refractivity contribution in [2.75, 3.05) is 17.7 Å². The Labute approximate surface area is 200 Å². The second kappa shape index (κ2) is 11.2. The van der Waals surface area contributed by atoms with Crippen LogP contribution < -0.4 is 10.1 Å². The van der Waals surface area contributed by atoms with Crippen molar-refractivity contribution in [1.29, 1.82) is 0 Å². The van der Waals surface area contributed by atoms with Gasteiger partial charge in [-0.25, -0.2) is 0 Å². The van der Waals surface area contributed by atoms with Crippen LogP contribution in [0.2, 0.25) is 0 Å². The van der Waals surface area contributed by atoms with E-state index >= 15 is 0 Å². The number of amides is 1. The second-order valence-corrected chi connectivity index (χ2v) is 8.79. The zero-order valence-electron chi connectivity index (χ0n) is 18.8. The number of nitrogens with zero attached hydrogens (tertiary/aromatic N) is 3. The molecule has 1 N–H and O–H groups in total. The number of ether oxygens (including phenoxy) is 1. The first kappa shape index (κ1) is 25.4. The molecule has 0 spiro atoms. The van der Waals surface area contributed by atoms with Gasteiger partial charge in [-0.3, -0.25) is 9.36 Å². The van der Waals surface area contributed by atoms with Crippen LogP contribution in [0, 0.1) is 5.92 Å². The molecular weight excluding hydrogens is 465 g/mol. The van der Waals surface area contributed by atoms with Crippen LogP contribution in [-0.2, 0) is 17.5 Å². The van der Waals surface area contributed by atoms with Gasteiger partial charge in [0.15, 0.2) is 11.0 Å². The predicted molar refractivity (Wildman–Crippen MR) is 127 cm³/mol. The third kappa shape index (κ3) is 6.86. The van der Waals surface area contributed by atoms with Crippen molar-refractivity contribution in [2.24, 2.45) is 5.92 Å². The zero-order valence-corrected chi connectivity index (χ0v) is 19.6. The molecule has 34 heavy (non-hydrogen) atoms. The number of thioether (sulfide) groups is 1. The van der Waals surface area contributed by atoms with Crippen molar-refractivity contribution in [3.8, 4) is 17.1 Å². The summed E-state index contributed by atoms with van der Waals surface area (Å²) in [5.74, 6) is 1.28. The molecule has 0 atom stereocenters. The average Bonchev–Trinajstić information content (AvgIpc) is 3.19. The van der Waals surface area contributed by atoms with Crippen molar-refractivity contribution < 1.29 is 22.7 Å². The van der Waals surface area contributed by atoms with Gasteiger partial charge in [0.25, 0.3) is 0 Å². The van der Waals surface area contributed by atoms with E-state index in [1.165, 1.54) is 12.1 Å². The molecule has 2 aromatic carbocycles. The summed E-state index contributed by atoms with van der Waals surface area (Å²) in [6, 6.07) is 12.0. The molecule has 3 rings (SSSR count). The van der Waals surface area contributed by atoms with Crippen molar-refractivity contribution in [3.63, 3.8) is 0 Å². The van der Waals surface area contributed by atoms with E-state index in [2.05, 4.69) is 35.9 Å². The third-order valence-corrected chi connectivity index (χ3v) is 5.50. The molecule has 1 heterocycles. The van der Waals surface area contributed by atoms with Crippen LogP contribution in [0.1, 0.15) is 19.4 Å². The minimum atomic E-state index is -4.48. The van der Waals surface area contributed by atoms with Crippen molar-refractivity contribution >= 4 is 23.4 Å². The lowest BCUT2D eigenvalue weighted by Crippen LogP contribution is -2.15. The van der Waals surface area contributed by atoms with Crippen LogP contribution in [0.25, 0.3) is 11.4 Å². The van der Waals surface area contributed by atoms with Gasteiger partial charge in [0.1, 0.15) is 5.75 Å². The largest absolute Gasteiger partial charge is 0.493 e. The summed E-state index contributed by atoms with van der Waals surface area (Å²) >= 11 is 1.14. The van der Waals surface area contributed by atoms with E-state index < -0.39 is 17.6 Å². The molecule has 0 bridgehead atoms. The zero-order chi connectivity index (χ0) is 24.7. The maximum Gasteiger partial charge on any atom is 0.416 e. The van der Waals surface area contributed by atoms with E-state index in [1.54, 1.807) is 6.08 Å². The first-order valence-corrected chi connectivity index (χ1v) is 11.5. The van der Waals surface area contributed by atoms with Crippen LogP contribution in [0.4, 0.5) is 18.9 Å². The summed E-state index contributed by atoms with van der Waals surface area (Å²) in [5, 5.41) is 11.4. The van der Waals surface area contributed by atoms with Crippen LogP contribution >= 0.6 is 11.8 Å². The Kier molecular flexibility index (Phi) is 8.38. The van der Waals surface area contributed by atoms with E-state index in [9.17, 15) is 18.0 Å². The molecule has 1 aromatic heterocycles. The van der Waals surface area contributed by atoms with Gasteiger partial charge in [0.05, 0.1) is 17.9 Å². The van der Waals surface area contributed by atoms with Crippen LogP contribution in [-0.4, -0.2) is 33.0 Å². The molecule has 180 valence electrons. The first-order chi connectivity index (χ1) is 16.2. The molecular formula is C24H25F3N4O2S. The molecule has 0 unspecified atom stereocenters. The van der Waals surface area contributed by atoms with Crippen LogP contribution in [0.3, 0.4) is 0 Å². The Balaban J connectivity index is 1.68. The lowest BCUT2D eigenvalue weighted by molar-refractivity contribution is -0.137. The molecule has 0 saturated carbocycles. The molecule has 10 heteroatoms. The highest BCUT2D eigenvalue weighted by molar-refractivity contribution is 7.99. The van der Waals surface area contributed by atoms with Crippen molar-refractivity contribution in [3.05, 3.63) is 66.7 Å². The van der Waals surface area contributed by atoms with Gasteiger partial charge in [-0.15, -0.1) is 16.8 Å². The lowest BCUT2D eigenvalue weighted by Gasteiger charge is -2.11. The van der Waals surface area contributed by atoms with E-state index in [1.807, 2.05) is 28.8 Å². The summed E-state index contributed by atoms with van der Waals surface area (Å²) in [6.07, 6.45) is -2.79. The van der Waals surface area contributed by atoms with Gasteiger partial charge in [-0.2, -0.15) is 13.2 Å². The quantitative estimate of drug-likeness (QED) is 0.282. The number of hydrogen-bond donors (Lipinski definition) is 1. The van der Waals surface area contributed by atoms with Crippen LogP contribution in [0.15, 0.2) is 66.3 Å². The fourth-order valence-corrected chi connectivity index (χ4v) is 3.71. The molecule has 0 radical (unpaired) electrons. The monoisotopic (exact) mass is 490 g/mol. The predicted octanol–water partition coefficient (Wildman–Crippen LogP) is 5.92. The number of nitrogens with one attached hydrogen (secondary N) is 1. The number of carbonyl (C=O) groups is 1. The SMILES string of the molecule is C=CCn1c(SCC(=O)Nc2cccc(C(F)(F)F)c2)nnc1-c1ccc(OCC(C)C)cc1. The molecule has 0 aliphatic heterocycles. The number of aromatic nitrogens is 3. The Morgan fingerprint density at radius 1 is 1.21 bits per heavy atom. The topological polar surface area (TPSA) is 69.0 Å². The Morgan fingerprint density at radius 3 is 2.59 bits per heavy atom. The van der Waals surface area contributed by atoms with E-state index in [4.69, 9.17) is 4.74 Å². The summed E-state index contributed by atoms with van der Waals surface area (Å²) in [5.41, 5.74) is 0.0777. The van der Waals surface area contributed by atoms with Gasteiger partial charge in [0.2, 0.25) is 5.91 Å². The Hall–Kier alpha value is -3.27. The number of rotatable bonds is 10. The molecule has 3 aromatic rings. The lowest BCUT2D eigenvalue weighted by atomic mass is 10.2. The molecule has 6 nitrogen and oxygen atoms in total. The van der Waals surface area contributed by atoms with Gasteiger partial charge in [-0.05, 0) is 48.4 Å². The average molecular weight is 491 g/mol. The Bertz CT molecular complexity index is 1130. The standard InChI is InChI=1S/C24H25F3N4O2S/c1-4-12-31-22(17-8-10-20(11-9-17)33-14-16(2)3)29-30-23(31)34-15-21(32)28-19-7-5-6-18(13-19)24(25,26)27/h4-11,13,16H,1,12,14-15H2,2-3H3,(H,28,32). The van der Waals surface area contributed by atoms with E-state index in [0.717, 1.165) is 35.2 Å². The van der Waals surface area contributed by atoms with Crippen molar-refractivity contribution in [2.45, 2.75) is 31.7 Å². The van der Waals surface area contributed by atoms with E-state index in [0.29, 0.717) is 30.1 Å². The summed E-state index contributed by atoms with van der Waals surface area (Å²) < 4.78 is 46.2. The number of anilines is 1. The highest BCUT2D eigenvalue weighted by atomic mass is 32.2. The van der Waals surface area contributed by atoms with Crippen LogP contribution in [0.5, 0.6) is 5.75 Å². The van der Waals surface area contributed by atoms with Crippen molar-refractivity contribution in [1.82, 2.24) is 14.8 Å². The van der Waals surface area contributed by atoms with Gasteiger partial charge >= 0.3 is 6.18 Å². The number of alkyl halides is 3. The minimum Gasteiger partial charge on any atom is -0.493 e. The molecule has 0 saturated heterocycles. The molecule has 0 fully saturated rings. The minimum absolute atomic E-state index is 0.0481. The van der Waals surface area contributed by atoms with Gasteiger partial charge in [-0.1, -0.05) is 37.8 Å². The first-order valence-electron chi connectivity index (χ1n) is 10.5. The number of benzene rings is 2. The fourth-order valence-electron chi connectivity index (χ4n) is 2.97. The third-order valence-electron chi connectivity index (χ3n) is 4.53. The molecule has 0 aliphatic rings. The van der Waals surface area contributed by atoms with E-state index in [-0.39, 0.29) is 11.4 Å². The summed E-state index contributed by atoms with van der Waals surface area (Å²) in [7, 11) is 0. The number of hydrogen-bond acceptors (Lipinski definition) is 5. The highest BCUT2D eigenvalue weighted by Crippen LogP contribution is 2.31. The molecule has 1 amide bonds. The maximum absolute atomic E-state index is 12.9.